The Balaban J connectivity index is 2.26. The van der Waals surface area contributed by atoms with E-state index in [9.17, 15) is 9.59 Å². The molecule has 0 spiro atoms. The molecule has 92 valence electrons. The fraction of sp³-hybridized carbons (Fsp3) is 0.800. The molecule has 1 N–H and O–H groups in total. The average molecular weight is 230 g/mol. The highest BCUT2D eigenvalue weighted by atomic mass is 16.7. The molecule has 0 radical (unpaired) electrons. The summed E-state index contributed by atoms with van der Waals surface area (Å²) in [5, 5.41) is 3.74. The van der Waals surface area contributed by atoms with Crippen LogP contribution in [0.3, 0.4) is 0 Å². The monoisotopic (exact) mass is 230 g/mol. The Kier molecular flexibility index (Phi) is 3.74. The summed E-state index contributed by atoms with van der Waals surface area (Å²) in [6.07, 6.45) is -0.519. The predicted molar refractivity (Wildman–Crippen MR) is 56.5 cm³/mol. The van der Waals surface area contributed by atoms with E-state index in [1.54, 1.807) is 27.8 Å². The topological polar surface area (TPSA) is 67.9 Å². The molecule has 0 aromatic rings. The normalized spacial score (nSPS) is 21.1. The average Bonchev–Trinajstić information content (AvgIpc) is 2.40. The molecular weight excluding hydrogens is 212 g/mol. The Morgan fingerprint density at radius 1 is 1.62 bits per heavy atom. The zero-order chi connectivity index (χ0) is 12.3. The molecule has 1 aliphatic rings. The van der Waals surface area contributed by atoms with Crippen molar-refractivity contribution in [1.82, 2.24) is 10.4 Å². The third-order valence-corrected chi connectivity index (χ3v) is 1.93. The van der Waals surface area contributed by atoms with Crippen molar-refractivity contribution in [1.29, 1.82) is 0 Å². The Hall–Kier alpha value is -1.30. The molecule has 1 atom stereocenters. The smallest absolute Gasteiger partial charge is 0.407 e. The highest BCUT2D eigenvalue weighted by Gasteiger charge is 2.28. The number of amides is 2. The number of carbonyl (C=O) groups excluding carboxylic acids is 2. The Morgan fingerprint density at radius 2 is 2.25 bits per heavy atom. The molecule has 2 amide bonds. The summed E-state index contributed by atoms with van der Waals surface area (Å²) in [6.45, 7) is 5.63. The molecule has 1 saturated heterocycles. The van der Waals surface area contributed by atoms with Crippen molar-refractivity contribution in [3.8, 4) is 0 Å². The summed E-state index contributed by atoms with van der Waals surface area (Å²) in [4.78, 5) is 27.6. The van der Waals surface area contributed by atoms with Gasteiger partial charge in [-0.3, -0.25) is 9.63 Å². The molecule has 0 aliphatic carbocycles. The van der Waals surface area contributed by atoms with E-state index in [1.807, 2.05) is 0 Å². The second-order valence-corrected chi connectivity index (χ2v) is 4.71. The minimum absolute atomic E-state index is 0.0870. The van der Waals surface area contributed by atoms with Crippen molar-refractivity contribution in [2.24, 2.45) is 0 Å². The molecule has 1 rings (SSSR count). The number of ether oxygens (including phenoxy) is 1. The van der Waals surface area contributed by atoms with Gasteiger partial charge < -0.3 is 10.1 Å². The van der Waals surface area contributed by atoms with E-state index in [4.69, 9.17) is 9.57 Å². The molecule has 1 unspecified atom stereocenters. The molecule has 1 aliphatic heterocycles. The zero-order valence-corrected chi connectivity index (χ0v) is 10.1. The van der Waals surface area contributed by atoms with Gasteiger partial charge in [0, 0.05) is 7.05 Å². The van der Waals surface area contributed by atoms with E-state index < -0.39 is 11.7 Å². The van der Waals surface area contributed by atoms with Crippen molar-refractivity contribution in [3.05, 3.63) is 0 Å². The van der Waals surface area contributed by atoms with E-state index in [1.165, 1.54) is 5.06 Å². The van der Waals surface area contributed by atoms with Gasteiger partial charge in [-0.25, -0.2) is 9.86 Å². The van der Waals surface area contributed by atoms with Crippen molar-refractivity contribution in [3.63, 3.8) is 0 Å². The summed E-state index contributed by atoms with van der Waals surface area (Å²) in [5.74, 6) is -0.0870. The second-order valence-electron chi connectivity index (χ2n) is 4.71. The van der Waals surface area contributed by atoms with Crippen LogP contribution in [0, 0.1) is 0 Å². The van der Waals surface area contributed by atoms with Gasteiger partial charge in [-0.15, -0.1) is 0 Å². The molecule has 0 aromatic heterocycles. The van der Waals surface area contributed by atoms with Crippen LogP contribution < -0.4 is 5.32 Å². The second kappa shape index (κ2) is 4.69. The quantitative estimate of drug-likeness (QED) is 0.757. The van der Waals surface area contributed by atoms with Crippen molar-refractivity contribution in [2.45, 2.75) is 38.9 Å². The van der Waals surface area contributed by atoms with Gasteiger partial charge in [0.05, 0.1) is 13.0 Å². The SMILES string of the molecule is CN1OC(CNC(=O)OC(C)(C)C)CC1=O. The summed E-state index contributed by atoms with van der Waals surface area (Å²) in [6, 6.07) is 0. The van der Waals surface area contributed by atoms with Gasteiger partial charge in [0.2, 0.25) is 5.91 Å². The molecule has 0 saturated carbocycles. The number of hydrogen-bond acceptors (Lipinski definition) is 4. The van der Waals surface area contributed by atoms with Gasteiger partial charge in [-0.1, -0.05) is 0 Å². The van der Waals surface area contributed by atoms with Gasteiger partial charge in [0.25, 0.3) is 0 Å². The molecule has 6 heteroatoms. The summed E-state index contributed by atoms with van der Waals surface area (Å²) < 4.78 is 5.05. The lowest BCUT2D eigenvalue weighted by molar-refractivity contribution is -0.163. The maximum atomic E-state index is 11.3. The number of alkyl carbamates (subject to hydrolysis) is 1. The van der Waals surface area contributed by atoms with Crippen LogP contribution in [0.25, 0.3) is 0 Å². The number of hydrogen-bond donors (Lipinski definition) is 1. The van der Waals surface area contributed by atoms with Crippen LogP contribution >= 0.6 is 0 Å². The third kappa shape index (κ3) is 4.06. The minimum atomic E-state index is -0.521. The summed E-state index contributed by atoms with van der Waals surface area (Å²) in [5.41, 5.74) is -0.521. The number of nitrogens with zero attached hydrogens (tertiary/aromatic N) is 1. The molecule has 16 heavy (non-hydrogen) atoms. The Labute approximate surface area is 94.8 Å². The Bertz CT molecular complexity index is 285. The lowest BCUT2D eigenvalue weighted by Gasteiger charge is -2.20. The molecular formula is C10H18N2O4. The lowest BCUT2D eigenvalue weighted by atomic mass is 10.2. The van der Waals surface area contributed by atoms with Crippen LogP contribution in [-0.4, -0.2) is 42.4 Å². The number of carbonyl (C=O) groups is 2. The van der Waals surface area contributed by atoms with Crippen LogP contribution in [0.1, 0.15) is 27.2 Å². The lowest BCUT2D eigenvalue weighted by Crippen LogP contribution is -2.37. The zero-order valence-electron chi connectivity index (χ0n) is 10.1. The molecule has 1 heterocycles. The van der Waals surface area contributed by atoms with Crippen LogP contribution in [0.2, 0.25) is 0 Å². The largest absolute Gasteiger partial charge is 0.444 e. The maximum Gasteiger partial charge on any atom is 0.407 e. The predicted octanol–water partition coefficient (Wildman–Crippen LogP) is 0.673. The molecule has 1 fully saturated rings. The first-order chi connectivity index (χ1) is 7.28. The molecule has 6 nitrogen and oxygen atoms in total. The van der Waals surface area contributed by atoms with Crippen LogP contribution in [0.4, 0.5) is 4.79 Å². The van der Waals surface area contributed by atoms with E-state index in [0.717, 1.165) is 0 Å². The van der Waals surface area contributed by atoms with Gasteiger partial charge in [0.1, 0.15) is 11.7 Å². The Morgan fingerprint density at radius 3 is 2.69 bits per heavy atom. The van der Waals surface area contributed by atoms with E-state index in [2.05, 4.69) is 5.32 Å². The van der Waals surface area contributed by atoms with Crippen molar-refractivity contribution >= 4 is 12.0 Å². The van der Waals surface area contributed by atoms with Gasteiger partial charge in [-0.05, 0) is 20.8 Å². The number of nitrogens with one attached hydrogen (secondary N) is 1. The first kappa shape index (κ1) is 12.8. The first-order valence-corrected chi connectivity index (χ1v) is 5.18. The van der Waals surface area contributed by atoms with E-state index in [-0.39, 0.29) is 25.0 Å². The summed E-state index contributed by atoms with van der Waals surface area (Å²) >= 11 is 0. The van der Waals surface area contributed by atoms with E-state index in [0.29, 0.717) is 0 Å². The van der Waals surface area contributed by atoms with Crippen molar-refractivity contribution < 1.29 is 19.2 Å². The van der Waals surface area contributed by atoms with Crippen LogP contribution in [0.15, 0.2) is 0 Å². The molecule has 0 bridgehead atoms. The van der Waals surface area contributed by atoms with Gasteiger partial charge >= 0.3 is 6.09 Å². The third-order valence-electron chi connectivity index (χ3n) is 1.93. The number of rotatable bonds is 2. The maximum absolute atomic E-state index is 11.3. The van der Waals surface area contributed by atoms with Gasteiger partial charge in [-0.2, -0.15) is 0 Å². The fourth-order valence-electron chi connectivity index (χ4n) is 1.26. The highest BCUT2D eigenvalue weighted by Crippen LogP contribution is 2.12. The highest BCUT2D eigenvalue weighted by molar-refractivity contribution is 5.77. The minimum Gasteiger partial charge on any atom is -0.444 e. The standard InChI is InChI=1S/C10H18N2O4/c1-10(2,3)15-9(14)11-6-7-5-8(13)12(4)16-7/h7H,5-6H2,1-4H3,(H,11,14). The summed E-state index contributed by atoms with van der Waals surface area (Å²) in [7, 11) is 1.55. The van der Waals surface area contributed by atoms with Crippen LogP contribution in [0.5, 0.6) is 0 Å². The van der Waals surface area contributed by atoms with Gasteiger partial charge in [0.15, 0.2) is 0 Å². The number of hydroxylamine groups is 2. The molecule has 0 aromatic carbocycles. The van der Waals surface area contributed by atoms with Crippen LogP contribution in [-0.2, 0) is 14.4 Å². The first-order valence-electron chi connectivity index (χ1n) is 5.18. The van der Waals surface area contributed by atoms with E-state index >= 15 is 0 Å². The fourth-order valence-corrected chi connectivity index (χ4v) is 1.26. The van der Waals surface area contributed by atoms with Crippen molar-refractivity contribution in [2.75, 3.05) is 13.6 Å².